The van der Waals surface area contributed by atoms with Gasteiger partial charge in [-0.2, -0.15) is 0 Å². The third kappa shape index (κ3) is 1.38. The number of nitrogens with two attached hydrogens (primary N) is 2. The number of aliphatic hydroxyl groups excluding tert-OH is 1. The molecule has 2 aliphatic rings. The van der Waals surface area contributed by atoms with Crippen molar-refractivity contribution < 1.29 is 19.8 Å². The number of hydrogen-bond acceptors (Lipinski definition) is 6. The smallest absolute Gasteiger partial charge is 0.177 e. The predicted octanol–water partition coefficient (Wildman–Crippen LogP) is 0.884. The van der Waals surface area contributed by atoms with E-state index in [-0.39, 0.29) is 34.0 Å². The number of carbonyl (C=O) groups excluding carboxylic acids is 2. The van der Waals surface area contributed by atoms with Gasteiger partial charge in [-0.25, -0.2) is 0 Å². The molecule has 2 aliphatic carbocycles. The van der Waals surface area contributed by atoms with Crippen molar-refractivity contribution in [2.45, 2.75) is 0 Å². The molecule has 2 unspecified atom stereocenters. The van der Waals surface area contributed by atoms with Crippen molar-refractivity contribution in [3.63, 3.8) is 0 Å². The quantitative estimate of drug-likeness (QED) is 0.410. The molecular formula is C14H12N2O4. The van der Waals surface area contributed by atoms with Gasteiger partial charge in [0.25, 0.3) is 0 Å². The second kappa shape index (κ2) is 3.86. The van der Waals surface area contributed by atoms with E-state index in [1.165, 1.54) is 24.3 Å². The molecule has 0 aromatic heterocycles. The van der Waals surface area contributed by atoms with Gasteiger partial charge < -0.3 is 21.7 Å². The molecule has 0 radical (unpaired) electrons. The summed E-state index contributed by atoms with van der Waals surface area (Å²) in [5, 5.41) is 19.7. The van der Waals surface area contributed by atoms with Gasteiger partial charge in [-0.05, 0) is 24.3 Å². The number of fused-ring (bicyclic) bond motifs is 2. The number of benzene rings is 1. The van der Waals surface area contributed by atoms with Crippen LogP contribution in [0.15, 0.2) is 35.7 Å². The Bertz CT molecular complexity index is 657. The molecule has 102 valence electrons. The van der Waals surface area contributed by atoms with Crippen molar-refractivity contribution in [3.8, 4) is 5.75 Å². The van der Waals surface area contributed by atoms with Crippen LogP contribution >= 0.6 is 0 Å². The number of allylic oxidation sites excluding steroid dienone is 4. The number of aromatic hydroxyl groups is 1. The monoisotopic (exact) mass is 272 g/mol. The molecule has 20 heavy (non-hydrogen) atoms. The first kappa shape index (κ1) is 12.3. The first-order valence-electron chi connectivity index (χ1n) is 5.99. The third-order valence-corrected chi connectivity index (χ3v) is 3.73. The third-order valence-electron chi connectivity index (χ3n) is 3.73. The topological polar surface area (TPSA) is 127 Å². The van der Waals surface area contributed by atoms with E-state index < -0.39 is 23.4 Å². The maximum Gasteiger partial charge on any atom is 0.177 e. The summed E-state index contributed by atoms with van der Waals surface area (Å²) in [6.07, 6.45) is 2.68. The SMILES string of the molecule is NC1=CC=C(O)C2C(=O)c3c(N)ccc(O)c3C(=O)C12. The molecule has 0 aliphatic heterocycles. The minimum Gasteiger partial charge on any atom is -0.512 e. The molecule has 0 saturated heterocycles. The Hall–Kier alpha value is -2.76. The molecule has 0 bridgehead atoms. The minimum absolute atomic E-state index is 0.0501. The van der Waals surface area contributed by atoms with E-state index in [1.807, 2.05) is 0 Å². The maximum atomic E-state index is 12.5. The lowest BCUT2D eigenvalue weighted by molar-refractivity contribution is 0.0746. The van der Waals surface area contributed by atoms with E-state index in [2.05, 4.69) is 0 Å². The van der Waals surface area contributed by atoms with Gasteiger partial charge in [-0.3, -0.25) is 9.59 Å². The molecule has 0 amide bonds. The normalized spacial score (nSPS) is 24.6. The first-order valence-corrected chi connectivity index (χ1v) is 5.99. The van der Waals surface area contributed by atoms with E-state index in [4.69, 9.17) is 11.5 Å². The van der Waals surface area contributed by atoms with Crippen molar-refractivity contribution in [1.29, 1.82) is 0 Å². The number of Topliss-reactive ketones (excluding diaryl/α,β-unsaturated/α-hetero) is 2. The number of aliphatic hydroxyl groups is 1. The summed E-state index contributed by atoms with van der Waals surface area (Å²) >= 11 is 0. The highest BCUT2D eigenvalue weighted by atomic mass is 16.3. The molecule has 6 nitrogen and oxygen atoms in total. The van der Waals surface area contributed by atoms with Crippen LogP contribution in [0.25, 0.3) is 0 Å². The van der Waals surface area contributed by atoms with Gasteiger partial charge in [0.1, 0.15) is 11.5 Å². The number of nitrogen functional groups attached to an aromatic ring is 1. The molecule has 0 spiro atoms. The fraction of sp³-hybridized carbons (Fsp3) is 0.143. The zero-order chi connectivity index (χ0) is 14.6. The lowest BCUT2D eigenvalue weighted by atomic mass is 9.69. The standard InChI is InChI=1S/C14H12N2O4/c15-5-1-3-7(17)11-9(5)13(19)12-8(18)4-2-6(16)10(12)14(11)20/h1-4,9,11,17-18H,15-16H2. The number of carbonyl (C=O) groups is 2. The Morgan fingerprint density at radius 1 is 0.900 bits per heavy atom. The number of rotatable bonds is 0. The van der Waals surface area contributed by atoms with Crippen molar-refractivity contribution in [2.24, 2.45) is 17.6 Å². The summed E-state index contributed by atoms with van der Waals surface area (Å²) in [5.41, 5.74) is 11.6. The van der Waals surface area contributed by atoms with E-state index >= 15 is 0 Å². The van der Waals surface area contributed by atoms with E-state index in [0.29, 0.717) is 0 Å². The average Bonchev–Trinajstić information content (AvgIpc) is 2.41. The van der Waals surface area contributed by atoms with Crippen LogP contribution in [0.5, 0.6) is 5.75 Å². The zero-order valence-electron chi connectivity index (χ0n) is 10.3. The van der Waals surface area contributed by atoms with Crippen molar-refractivity contribution in [3.05, 3.63) is 46.9 Å². The molecule has 6 N–H and O–H groups in total. The number of phenols is 1. The summed E-state index contributed by atoms with van der Waals surface area (Å²) in [6.45, 7) is 0. The zero-order valence-corrected chi connectivity index (χ0v) is 10.3. The van der Waals surface area contributed by atoms with Crippen LogP contribution < -0.4 is 11.5 Å². The predicted molar refractivity (Wildman–Crippen MR) is 71.1 cm³/mol. The van der Waals surface area contributed by atoms with Crippen LogP contribution in [0.4, 0.5) is 5.69 Å². The summed E-state index contributed by atoms with van der Waals surface area (Å²) in [5.74, 6) is -3.62. The Kier molecular flexibility index (Phi) is 2.37. The van der Waals surface area contributed by atoms with Gasteiger partial charge in [-0.15, -0.1) is 0 Å². The fourth-order valence-electron chi connectivity index (χ4n) is 2.77. The van der Waals surface area contributed by atoms with Crippen LogP contribution in [0.3, 0.4) is 0 Å². The van der Waals surface area contributed by atoms with E-state index in [0.717, 1.165) is 0 Å². The number of hydrogen-bond donors (Lipinski definition) is 4. The molecule has 2 atom stereocenters. The molecular weight excluding hydrogens is 260 g/mol. The first-order chi connectivity index (χ1) is 9.43. The van der Waals surface area contributed by atoms with Crippen molar-refractivity contribution >= 4 is 17.3 Å². The van der Waals surface area contributed by atoms with Gasteiger partial charge >= 0.3 is 0 Å². The number of ketones is 2. The molecule has 0 heterocycles. The lowest BCUT2D eigenvalue weighted by Crippen LogP contribution is -2.42. The second-order valence-corrected chi connectivity index (χ2v) is 4.87. The highest BCUT2D eigenvalue weighted by Crippen LogP contribution is 2.43. The van der Waals surface area contributed by atoms with Gasteiger partial charge in [0, 0.05) is 11.4 Å². The summed E-state index contributed by atoms with van der Waals surface area (Å²) < 4.78 is 0. The van der Waals surface area contributed by atoms with Gasteiger partial charge in [0.05, 0.1) is 23.0 Å². The van der Waals surface area contributed by atoms with Crippen LogP contribution in [-0.4, -0.2) is 21.8 Å². The lowest BCUT2D eigenvalue weighted by Gasteiger charge is -2.33. The van der Waals surface area contributed by atoms with E-state index in [9.17, 15) is 19.8 Å². The highest BCUT2D eigenvalue weighted by Gasteiger charge is 2.47. The summed E-state index contributed by atoms with van der Waals surface area (Å²) in [4.78, 5) is 25.0. The van der Waals surface area contributed by atoms with Crippen molar-refractivity contribution in [2.75, 3.05) is 5.73 Å². The van der Waals surface area contributed by atoms with Gasteiger partial charge in [-0.1, -0.05) is 0 Å². The Balaban J connectivity index is 2.32. The molecule has 0 saturated carbocycles. The van der Waals surface area contributed by atoms with Crippen LogP contribution in [0, 0.1) is 11.8 Å². The minimum atomic E-state index is -1.07. The summed E-state index contributed by atoms with van der Waals surface area (Å²) in [7, 11) is 0. The molecule has 0 fully saturated rings. The average molecular weight is 272 g/mol. The second-order valence-electron chi connectivity index (χ2n) is 4.87. The van der Waals surface area contributed by atoms with Gasteiger partial charge in [0.2, 0.25) is 0 Å². The highest BCUT2D eigenvalue weighted by molar-refractivity contribution is 6.21. The molecule has 1 aromatic rings. The Labute approximate surface area is 114 Å². The molecule has 3 rings (SSSR count). The number of anilines is 1. The molecule has 1 aromatic carbocycles. The Morgan fingerprint density at radius 2 is 1.55 bits per heavy atom. The van der Waals surface area contributed by atoms with Crippen LogP contribution in [-0.2, 0) is 0 Å². The number of phenolic OH excluding ortho intramolecular Hbond substituents is 1. The Morgan fingerprint density at radius 3 is 2.25 bits per heavy atom. The van der Waals surface area contributed by atoms with Crippen molar-refractivity contribution in [1.82, 2.24) is 0 Å². The maximum absolute atomic E-state index is 12.5. The van der Waals surface area contributed by atoms with Gasteiger partial charge in [0.15, 0.2) is 11.6 Å². The van der Waals surface area contributed by atoms with Crippen LogP contribution in [0.1, 0.15) is 20.7 Å². The van der Waals surface area contributed by atoms with E-state index in [1.54, 1.807) is 0 Å². The fourth-order valence-corrected chi connectivity index (χ4v) is 2.77. The summed E-state index contributed by atoms with van der Waals surface area (Å²) in [6, 6.07) is 2.61. The van der Waals surface area contributed by atoms with Crippen LogP contribution in [0.2, 0.25) is 0 Å². The largest absolute Gasteiger partial charge is 0.512 e. The molecule has 6 heteroatoms.